The summed E-state index contributed by atoms with van der Waals surface area (Å²) >= 11 is 0. The second-order valence-electron chi connectivity index (χ2n) is 5.83. The average Bonchev–Trinajstić information content (AvgIpc) is 3.02. The van der Waals surface area contributed by atoms with E-state index in [2.05, 4.69) is 4.98 Å². The normalized spacial score (nSPS) is 14.5. The predicted molar refractivity (Wildman–Crippen MR) is 90.9 cm³/mol. The molecule has 0 bridgehead atoms. The molecule has 2 heterocycles. The Morgan fingerprint density at radius 3 is 2.83 bits per heavy atom. The third kappa shape index (κ3) is 3.27. The van der Waals surface area contributed by atoms with Crippen molar-refractivity contribution in [2.24, 2.45) is 0 Å². The first-order valence-electron chi connectivity index (χ1n) is 7.92. The number of nitrogens with zero attached hydrogens (tertiary/aromatic N) is 1. The van der Waals surface area contributed by atoms with E-state index in [1.165, 1.54) is 5.57 Å². The lowest BCUT2D eigenvalue weighted by molar-refractivity contribution is -0.140. The molecule has 1 aromatic heterocycles. The number of amides is 1. The standard InChI is InChI=1S/C18H20N2O4/c1-24-13-2-3-16-14(10-13)15(11-19-16)12-6-8-20(9-7-12)17(21)4-5-18(22)23/h2-3,6,10-11,19H,4-5,7-9H2,1H3,(H,22,23). The first-order chi connectivity index (χ1) is 11.6. The molecular weight excluding hydrogens is 308 g/mol. The van der Waals surface area contributed by atoms with Gasteiger partial charge in [-0.2, -0.15) is 0 Å². The number of methoxy groups -OCH3 is 1. The summed E-state index contributed by atoms with van der Waals surface area (Å²) in [6.45, 7) is 1.13. The zero-order chi connectivity index (χ0) is 17.1. The van der Waals surface area contributed by atoms with E-state index in [1.807, 2.05) is 30.5 Å². The largest absolute Gasteiger partial charge is 0.497 e. The average molecular weight is 328 g/mol. The van der Waals surface area contributed by atoms with E-state index < -0.39 is 5.97 Å². The summed E-state index contributed by atoms with van der Waals surface area (Å²) in [5.74, 6) is -0.233. The highest BCUT2D eigenvalue weighted by atomic mass is 16.5. The molecule has 1 aromatic carbocycles. The Hall–Kier alpha value is -2.76. The van der Waals surface area contributed by atoms with Crippen LogP contribution in [0, 0.1) is 0 Å². The minimum Gasteiger partial charge on any atom is -0.497 e. The van der Waals surface area contributed by atoms with Crippen LogP contribution in [0.3, 0.4) is 0 Å². The van der Waals surface area contributed by atoms with Gasteiger partial charge in [0.05, 0.1) is 13.5 Å². The van der Waals surface area contributed by atoms with E-state index in [1.54, 1.807) is 12.0 Å². The summed E-state index contributed by atoms with van der Waals surface area (Å²) in [7, 11) is 1.65. The molecule has 1 amide bonds. The van der Waals surface area contributed by atoms with Gasteiger partial charge in [-0.05, 0) is 30.2 Å². The van der Waals surface area contributed by atoms with Gasteiger partial charge in [-0.1, -0.05) is 6.08 Å². The molecule has 0 atom stereocenters. The SMILES string of the molecule is COc1ccc2[nH]cc(C3=CCN(C(=O)CCC(=O)O)CC3)c2c1. The Morgan fingerprint density at radius 2 is 2.17 bits per heavy atom. The van der Waals surface area contributed by atoms with Gasteiger partial charge in [-0.3, -0.25) is 9.59 Å². The first-order valence-corrected chi connectivity index (χ1v) is 7.92. The number of carboxylic acid groups (broad SMARTS) is 1. The smallest absolute Gasteiger partial charge is 0.303 e. The monoisotopic (exact) mass is 328 g/mol. The molecule has 2 aromatic rings. The molecule has 3 rings (SSSR count). The summed E-state index contributed by atoms with van der Waals surface area (Å²) in [6, 6.07) is 5.91. The second-order valence-corrected chi connectivity index (χ2v) is 5.83. The minimum absolute atomic E-state index is 0.0583. The number of carboxylic acids is 1. The summed E-state index contributed by atoms with van der Waals surface area (Å²) in [5, 5.41) is 9.78. The Bertz CT molecular complexity index is 806. The van der Waals surface area contributed by atoms with E-state index in [4.69, 9.17) is 9.84 Å². The predicted octanol–water partition coefficient (Wildman–Crippen LogP) is 2.66. The van der Waals surface area contributed by atoms with E-state index >= 15 is 0 Å². The van der Waals surface area contributed by atoms with Crippen LogP contribution in [0.5, 0.6) is 5.75 Å². The van der Waals surface area contributed by atoms with Gasteiger partial charge in [0, 0.05) is 42.2 Å². The molecule has 6 heteroatoms. The van der Waals surface area contributed by atoms with Crippen molar-refractivity contribution < 1.29 is 19.4 Å². The van der Waals surface area contributed by atoms with E-state index in [0.717, 1.165) is 28.6 Å². The maximum Gasteiger partial charge on any atom is 0.303 e. The third-order valence-electron chi connectivity index (χ3n) is 4.35. The van der Waals surface area contributed by atoms with Crippen LogP contribution in [0.1, 0.15) is 24.8 Å². The highest BCUT2D eigenvalue weighted by molar-refractivity contribution is 5.94. The molecule has 1 aliphatic heterocycles. The molecule has 0 fully saturated rings. The fourth-order valence-electron chi connectivity index (χ4n) is 3.00. The number of carbonyl (C=O) groups excluding carboxylic acids is 1. The van der Waals surface area contributed by atoms with Crippen LogP contribution in [0.25, 0.3) is 16.5 Å². The number of hydrogen-bond acceptors (Lipinski definition) is 3. The van der Waals surface area contributed by atoms with Crippen LogP contribution in [0.4, 0.5) is 0 Å². The van der Waals surface area contributed by atoms with E-state index in [-0.39, 0.29) is 18.7 Å². The number of aromatic amines is 1. The first kappa shape index (κ1) is 16.1. The highest BCUT2D eigenvalue weighted by Crippen LogP contribution is 2.31. The van der Waals surface area contributed by atoms with Gasteiger partial charge in [-0.25, -0.2) is 0 Å². The zero-order valence-corrected chi connectivity index (χ0v) is 13.5. The number of ether oxygens (including phenoxy) is 1. The van der Waals surface area contributed by atoms with Gasteiger partial charge in [0.25, 0.3) is 0 Å². The van der Waals surface area contributed by atoms with Crippen molar-refractivity contribution in [2.45, 2.75) is 19.3 Å². The lowest BCUT2D eigenvalue weighted by Gasteiger charge is -2.26. The number of fused-ring (bicyclic) bond motifs is 1. The van der Waals surface area contributed by atoms with Gasteiger partial charge in [-0.15, -0.1) is 0 Å². The maximum absolute atomic E-state index is 12.0. The topological polar surface area (TPSA) is 82.6 Å². The van der Waals surface area contributed by atoms with Gasteiger partial charge in [0.1, 0.15) is 5.75 Å². The lowest BCUT2D eigenvalue weighted by atomic mass is 9.98. The van der Waals surface area contributed by atoms with E-state index in [9.17, 15) is 9.59 Å². The van der Waals surface area contributed by atoms with Gasteiger partial charge in [0.2, 0.25) is 5.91 Å². The lowest BCUT2D eigenvalue weighted by Crippen LogP contribution is -2.34. The van der Waals surface area contributed by atoms with Crippen molar-refractivity contribution >= 4 is 28.4 Å². The van der Waals surface area contributed by atoms with Crippen molar-refractivity contribution in [3.63, 3.8) is 0 Å². The molecule has 0 aliphatic carbocycles. The number of H-pyrrole nitrogens is 1. The molecule has 6 nitrogen and oxygen atoms in total. The number of hydrogen-bond donors (Lipinski definition) is 2. The maximum atomic E-state index is 12.0. The number of benzene rings is 1. The highest BCUT2D eigenvalue weighted by Gasteiger charge is 2.20. The number of aromatic nitrogens is 1. The van der Waals surface area contributed by atoms with Crippen LogP contribution in [0.15, 0.2) is 30.5 Å². The van der Waals surface area contributed by atoms with Crippen molar-refractivity contribution in [1.29, 1.82) is 0 Å². The number of nitrogens with one attached hydrogen (secondary N) is 1. The molecule has 0 saturated carbocycles. The number of aliphatic carboxylic acids is 1. The molecule has 0 spiro atoms. The summed E-state index contributed by atoms with van der Waals surface area (Å²) in [6.07, 6.45) is 4.72. The molecule has 0 unspecified atom stereocenters. The van der Waals surface area contributed by atoms with Gasteiger partial charge < -0.3 is 19.7 Å². The van der Waals surface area contributed by atoms with Crippen molar-refractivity contribution in [3.8, 4) is 5.75 Å². The minimum atomic E-state index is -0.940. The third-order valence-corrected chi connectivity index (χ3v) is 4.35. The van der Waals surface area contributed by atoms with Gasteiger partial charge >= 0.3 is 5.97 Å². The molecule has 1 aliphatic rings. The number of rotatable bonds is 5. The second kappa shape index (κ2) is 6.78. The van der Waals surface area contributed by atoms with Crippen molar-refractivity contribution in [3.05, 3.63) is 36.0 Å². The quantitative estimate of drug-likeness (QED) is 0.884. The number of carbonyl (C=O) groups is 2. The summed E-state index contributed by atoms with van der Waals surface area (Å²) < 4.78 is 5.29. The van der Waals surface area contributed by atoms with Crippen molar-refractivity contribution in [2.75, 3.05) is 20.2 Å². The summed E-state index contributed by atoms with van der Waals surface area (Å²) in [5.41, 5.74) is 3.37. The van der Waals surface area contributed by atoms with E-state index in [0.29, 0.717) is 13.1 Å². The van der Waals surface area contributed by atoms with Gasteiger partial charge in [0.15, 0.2) is 0 Å². The van der Waals surface area contributed by atoms with Crippen LogP contribution in [-0.4, -0.2) is 47.1 Å². The fourth-order valence-corrected chi connectivity index (χ4v) is 3.00. The zero-order valence-electron chi connectivity index (χ0n) is 13.5. The van der Waals surface area contributed by atoms with Crippen molar-refractivity contribution in [1.82, 2.24) is 9.88 Å². The van der Waals surface area contributed by atoms with Crippen LogP contribution < -0.4 is 4.74 Å². The summed E-state index contributed by atoms with van der Waals surface area (Å²) in [4.78, 5) is 27.5. The Balaban J connectivity index is 1.75. The van der Waals surface area contributed by atoms with Crippen LogP contribution >= 0.6 is 0 Å². The molecule has 0 saturated heterocycles. The fraction of sp³-hybridized carbons (Fsp3) is 0.333. The molecule has 126 valence electrons. The molecule has 2 N–H and O–H groups in total. The Morgan fingerprint density at radius 1 is 1.33 bits per heavy atom. The van der Waals surface area contributed by atoms with Crippen LogP contribution in [0.2, 0.25) is 0 Å². The Kier molecular flexibility index (Phi) is 4.55. The molecule has 0 radical (unpaired) electrons. The molecular formula is C18H20N2O4. The van der Waals surface area contributed by atoms with Crippen LogP contribution in [-0.2, 0) is 9.59 Å². The Labute approximate surface area is 139 Å². The molecule has 24 heavy (non-hydrogen) atoms.